The fraction of sp³-hybridized carbons (Fsp3) is 0.714. The molecule has 0 saturated carbocycles. The average Bonchev–Trinajstić information content (AvgIpc) is 2.71. The van der Waals surface area contributed by atoms with Crippen LogP contribution >= 0.6 is 11.3 Å². The van der Waals surface area contributed by atoms with Gasteiger partial charge in [-0.15, -0.1) is 0 Å². The highest BCUT2D eigenvalue weighted by atomic mass is 32.1. The first-order chi connectivity index (χ1) is 9.83. The van der Waals surface area contributed by atoms with Crippen LogP contribution in [0.2, 0.25) is 0 Å². The first kappa shape index (κ1) is 14.6. The van der Waals surface area contributed by atoms with E-state index >= 15 is 0 Å². The van der Waals surface area contributed by atoms with Gasteiger partial charge in [-0.2, -0.15) is 0 Å². The van der Waals surface area contributed by atoms with Crippen LogP contribution in [0.3, 0.4) is 0 Å². The first-order valence-electron chi connectivity index (χ1n) is 7.20. The van der Waals surface area contributed by atoms with Gasteiger partial charge in [-0.3, -0.25) is 4.90 Å². The fourth-order valence-electron chi connectivity index (χ4n) is 2.75. The maximum Gasteiger partial charge on any atom is 0.411 e. The van der Waals surface area contributed by atoms with Crippen molar-refractivity contribution < 1.29 is 14.3 Å². The number of rotatable bonds is 0. The number of aryl methyl sites for hydroxylation is 1. The van der Waals surface area contributed by atoms with Crippen molar-refractivity contribution in [2.45, 2.75) is 51.4 Å². The Morgan fingerprint density at radius 1 is 1.52 bits per heavy atom. The van der Waals surface area contributed by atoms with Gasteiger partial charge in [0.25, 0.3) is 0 Å². The van der Waals surface area contributed by atoms with Gasteiger partial charge in [0.1, 0.15) is 5.60 Å². The lowest BCUT2D eigenvalue weighted by Gasteiger charge is -2.41. The number of thiazole rings is 1. The van der Waals surface area contributed by atoms with Gasteiger partial charge in [0.2, 0.25) is 0 Å². The van der Waals surface area contributed by atoms with E-state index in [1.807, 2.05) is 20.8 Å². The zero-order valence-electron chi connectivity index (χ0n) is 12.6. The number of ether oxygens (including phenoxy) is 2. The predicted octanol–water partition coefficient (Wildman–Crippen LogP) is 2.35. The monoisotopic (exact) mass is 311 g/mol. The zero-order chi connectivity index (χ0) is 15.2. The Morgan fingerprint density at radius 2 is 2.29 bits per heavy atom. The van der Waals surface area contributed by atoms with Gasteiger partial charge in [0.15, 0.2) is 5.13 Å². The minimum atomic E-state index is -0.505. The number of hydrogen-bond donors (Lipinski definition) is 1. The van der Waals surface area contributed by atoms with E-state index in [-0.39, 0.29) is 18.2 Å². The SMILES string of the molecule is CC(C)(C)OC(=O)N1CC2CCc3nc(N)sc3C1CO2. The van der Waals surface area contributed by atoms with Gasteiger partial charge in [-0.1, -0.05) is 11.3 Å². The Morgan fingerprint density at radius 3 is 3.00 bits per heavy atom. The van der Waals surface area contributed by atoms with E-state index in [1.165, 1.54) is 11.3 Å². The smallest absolute Gasteiger partial charge is 0.411 e. The fourth-order valence-corrected chi connectivity index (χ4v) is 3.73. The van der Waals surface area contributed by atoms with Crippen molar-refractivity contribution in [1.29, 1.82) is 0 Å². The van der Waals surface area contributed by atoms with Crippen molar-refractivity contribution in [2.24, 2.45) is 0 Å². The third-order valence-electron chi connectivity index (χ3n) is 3.64. The lowest BCUT2D eigenvalue weighted by atomic mass is 10.0. The Hall–Kier alpha value is -1.34. The molecule has 2 N–H and O–H groups in total. The summed E-state index contributed by atoms with van der Waals surface area (Å²) in [5, 5.41) is 0.550. The van der Waals surface area contributed by atoms with E-state index < -0.39 is 5.60 Å². The first-order valence-corrected chi connectivity index (χ1v) is 8.01. The Bertz CT molecular complexity index is 552. The standard InChI is InChI=1S/C14H21N3O3S/c1-14(2,3)20-13(18)17-6-8-4-5-9-11(10(17)7-19-8)21-12(15)16-9/h8,10H,4-7H2,1-3H3,(H2,15,16). The molecule has 0 aromatic carbocycles. The van der Waals surface area contributed by atoms with E-state index in [9.17, 15) is 4.79 Å². The lowest BCUT2D eigenvalue weighted by Crippen LogP contribution is -2.50. The van der Waals surface area contributed by atoms with Crippen LogP contribution in [0.25, 0.3) is 0 Å². The average molecular weight is 311 g/mol. The van der Waals surface area contributed by atoms with Crippen molar-refractivity contribution in [1.82, 2.24) is 9.88 Å². The van der Waals surface area contributed by atoms with Crippen LogP contribution in [0, 0.1) is 0 Å². The van der Waals surface area contributed by atoms with Crippen molar-refractivity contribution >= 4 is 22.6 Å². The number of carbonyl (C=O) groups excluding carboxylic acids is 1. The molecular weight excluding hydrogens is 290 g/mol. The van der Waals surface area contributed by atoms with Crippen molar-refractivity contribution in [3.05, 3.63) is 10.6 Å². The van der Waals surface area contributed by atoms with Crippen LogP contribution in [0.4, 0.5) is 9.93 Å². The molecule has 1 amide bonds. The van der Waals surface area contributed by atoms with E-state index in [4.69, 9.17) is 15.2 Å². The number of carbonyl (C=O) groups is 1. The van der Waals surface area contributed by atoms with E-state index in [1.54, 1.807) is 4.90 Å². The number of nitrogens with two attached hydrogens (primary N) is 1. The highest BCUT2D eigenvalue weighted by Gasteiger charge is 2.39. The van der Waals surface area contributed by atoms with Gasteiger partial charge in [-0.05, 0) is 33.6 Å². The second kappa shape index (κ2) is 5.14. The molecule has 0 spiro atoms. The van der Waals surface area contributed by atoms with Gasteiger partial charge in [0, 0.05) is 0 Å². The normalized spacial score (nSPS) is 25.2. The number of morpholine rings is 1. The molecule has 21 heavy (non-hydrogen) atoms. The molecule has 4 heterocycles. The molecule has 3 aliphatic rings. The van der Waals surface area contributed by atoms with Crippen LogP contribution in [-0.2, 0) is 15.9 Å². The summed E-state index contributed by atoms with van der Waals surface area (Å²) in [4.78, 5) is 19.7. The summed E-state index contributed by atoms with van der Waals surface area (Å²) in [5.41, 5.74) is 6.35. The quantitative estimate of drug-likeness (QED) is 0.796. The number of fused-ring (bicyclic) bond motifs is 3. The van der Waals surface area contributed by atoms with Crippen molar-refractivity contribution in [3.63, 3.8) is 0 Å². The van der Waals surface area contributed by atoms with Gasteiger partial charge in [0.05, 0.1) is 35.9 Å². The molecule has 7 heteroatoms. The lowest BCUT2D eigenvalue weighted by molar-refractivity contribution is -0.0753. The molecule has 0 radical (unpaired) electrons. The highest BCUT2D eigenvalue weighted by Crippen LogP contribution is 2.38. The molecule has 3 aliphatic heterocycles. The van der Waals surface area contributed by atoms with E-state index in [0.29, 0.717) is 18.3 Å². The molecule has 116 valence electrons. The molecule has 1 aromatic rings. The maximum atomic E-state index is 12.5. The van der Waals surface area contributed by atoms with Crippen LogP contribution in [0.15, 0.2) is 0 Å². The van der Waals surface area contributed by atoms with Crippen LogP contribution in [-0.4, -0.2) is 40.8 Å². The second-order valence-corrected chi connectivity index (χ2v) is 7.57. The summed E-state index contributed by atoms with van der Waals surface area (Å²) in [6.45, 7) is 6.68. The predicted molar refractivity (Wildman–Crippen MR) is 80.3 cm³/mol. The third kappa shape index (κ3) is 2.98. The number of hydrogen-bond acceptors (Lipinski definition) is 6. The molecule has 2 atom stereocenters. The summed E-state index contributed by atoms with van der Waals surface area (Å²) >= 11 is 1.45. The summed E-state index contributed by atoms with van der Waals surface area (Å²) in [5.74, 6) is 0. The number of amides is 1. The largest absolute Gasteiger partial charge is 0.444 e. The zero-order valence-corrected chi connectivity index (χ0v) is 13.4. The van der Waals surface area contributed by atoms with Gasteiger partial charge < -0.3 is 15.2 Å². The van der Waals surface area contributed by atoms with Crippen LogP contribution < -0.4 is 5.73 Å². The molecule has 4 rings (SSSR count). The molecule has 1 aromatic heterocycles. The number of nitrogens with zero attached hydrogens (tertiary/aromatic N) is 2. The Balaban J connectivity index is 1.91. The highest BCUT2D eigenvalue weighted by molar-refractivity contribution is 7.15. The summed E-state index contributed by atoms with van der Waals surface area (Å²) in [6, 6.07) is -0.138. The molecule has 6 nitrogen and oxygen atoms in total. The maximum absolute atomic E-state index is 12.5. The van der Waals surface area contributed by atoms with E-state index in [2.05, 4.69) is 4.98 Å². The van der Waals surface area contributed by atoms with Gasteiger partial charge >= 0.3 is 6.09 Å². The summed E-state index contributed by atoms with van der Waals surface area (Å²) in [7, 11) is 0. The number of aromatic nitrogens is 1. The minimum absolute atomic E-state index is 0.0462. The number of nitrogen functional groups attached to an aromatic ring is 1. The Kier molecular flexibility index (Phi) is 3.57. The van der Waals surface area contributed by atoms with Crippen molar-refractivity contribution in [2.75, 3.05) is 18.9 Å². The van der Waals surface area contributed by atoms with E-state index in [0.717, 1.165) is 23.4 Å². The molecular formula is C14H21N3O3S. The molecule has 2 bridgehead atoms. The molecule has 1 saturated heterocycles. The van der Waals surface area contributed by atoms with Crippen LogP contribution in [0.1, 0.15) is 43.8 Å². The Labute approximate surface area is 128 Å². The van der Waals surface area contributed by atoms with Crippen molar-refractivity contribution in [3.8, 4) is 0 Å². The van der Waals surface area contributed by atoms with Gasteiger partial charge in [-0.25, -0.2) is 9.78 Å². The molecule has 2 unspecified atom stereocenters. The molecule has 1 fully saturated rings. The summed E-state index contributed by atoms with van der Waals surface area (Å²) < 4.78 is 11.4. The molecule has 0 aliphatic carbocycles. The van der Waals surface area contributed by atoms with Crippen LogP contribution in [0.5, 0.6) is 0 Å². The summed E-state index contributed by atoms with van der Waals surface area (Å²) in [6.07, 6.45) is 1.46. The minimum Gasteiger partial charge on any atom is -0.444 e. The third-order valence-corrected chi connectivity index (χ3v) is 4.67. The topological polar surface area (TPSA) is 77.7 Å². The second-order valence-electron chi connectivity index (χ2n) is 6.51. The number of anilines is 1.